The first-order chi connectivity index (χ1) is 9.71. The Kier molecular flexibility index (Phi) is 5.51. The normalized spacial score (nSPS) is 15.0. The molecule has 21 heavy (non-hydrogen) atoms. The Labute approximate surface area is 127 Å². The molecule has 3 N–H and O–H groups in total. The van der Waals surface area contributed by atoms with Gasteiger partial charge in [-0.05, 0) is 27.0 Å². The lowest BCUT2D eigenvalue weighted by atomic mass is 9.94. The number of amides is 1. The third-order valence-electron chi connectivity index (χ3n) is 3.25. The lowest BCUT2D eigenvalue weighted by molar-refractivity contribution is -0.386. The van der Waals surface area contributed by atoms with Gasteiger partial charge in [-0.25, -0.2) is 0 Å². The van der Waals surface area contributed by atoms with Gasteiger partial charge in [0.15, 0.2) is 0 Å². The van der Waals surface area contributed by atoms with Crippen LogP contribution in [0.4, 0.5) is 5.69 Å². The number of benzene rings is 1. The molecule has 1 aromatic rings. The molecular weight excluding hydrogens is 298 g/mol. The van der Waals surface area contributed by atoms with E-state index in [0.29, 0.717) is 0 Å². The number of carbonyl (C=O) groups excluding carboxylic acids is 1. The van der Waals surface area contributed by atoms with Gasteiger partial charge in [0, 0.05) is 12.5 Å². The minimum Gasteiger partial charge on any atom is -0.483 e. The summed E-state index contributed by atoms with van der Waals surface area (Å²) in [5.41, 5.74) is 4.14. The predicted octanol–water partition coefficient (Wildman–Crippen LogP) is 1.87. The van der Waals surface area contributed by atoms with Crippen LogP contribution in [0.3, 0.4) is 0 Å². The highest BCUT2D eigenvalue weighted by atomic mass is 35.5. The van der Waals surface area contributed by atoms with Crippen molar-refractivity contribution in [2.75, 3.05) is 7.05 Å². The summed E-state index contributed by atoms with van der Waals surface area (Å²) in [6, 6.07) is 4.28. The van der Waals surface area contributed by atoms with Crippen molar-refractivity contribution in [2.45, 2.75) is 31.9 Å². The smallest absolute Gasteiger partial charge is 0.312 e. The lowest BCUT2D eigenvalue weighted by Crippen LogP contribution is -2.53. The van der Waals surface area contributed by atoms with Crippen LogP contribution in [-0.2, 0) is 4.79 Å². The molecule has 0 spiro atoms. The van der Waals surface area contributed by atoms with Crippen LogP contribution in [0.15, 0.2) is 18.2 Å². The van der Waals surface area contributed by atoms with Crippen LogP contribution in [0, 0.1) is 10.1 Å². The molecule has 0 bridgehead atoms. The van der Waals surface area contributed by atoms with Crippen LogP contribution in [0.2, 0.25) is 5.02 Å². The minimum absolute atomic E-state index is 0.0143. The number of primary amides is 1. The molecule has 7 nitrogen and oxygen atoms in total. The van der Waals surface area contributed by atoms with Crippen LogP contribution < -0.4 is 15.8 Å². The standard InChI is InChI=1S/C13H18ClN3O4/c1-8(7-13(2,16-3)12(15)18)21-11-9(14)5-4-6-10(11)17(19)20/h4-6,8,16H,7H2,1-3H3,(H2,15,18). The van der Waals surface area contributed by atoms with E-state index in [0.717, 1.165) is 0 Å². The molecule has 0 aliphatic rings. The Balaban J connectivity index is 2.96. The zero-order chi connectivity index (χ0) is 16.2. The molecule has 0 aliphatic carbocycles. The first-order valence-electron chi connectivity index (χ1n) is 6.29. The number of nitro groups is 1. The summed E-state index contributed by atoms with van der Waals surface area (Å²) in [6.45, 7) is 3.32. The third kappa shape index (κ3) is 4.05. The van der Waals surface area contributed by atoms with Crippen molar-refractivity contribution in [3.8, 4) is 5.75 Å². The number of carbonyl (C=O) groups is 1. The molecule has 8 heteroatoms. The number of nitrogens with two attached hydrogens (primary N) is 1. The molecule has 1 aromatic carbocycles. The van der Waals surface area contributed by atoms with E-state index < -0.39 is 22.5 Å². The number of hydrogen-bond donors (Lipinski definition) is 2. The lowest BCUT2D eigenvalue weighted by Gasteiger charge is -2.28. The van der Waals surface area contributed by atoms with Crippen molar-refractivity contribution < 1.29 is 14.5 Å². The van der Waals surface area contributed by atoms with E-state index in [-0.39, 0.29) is 22.9 Å². The van der Waals surface area contributed by atoms with Gasteiger partial charge >= 0.3 is 5.69 Å². The van der Waals surface area contributed by atoms with Crippen LogP contribution in [0.5, 0.6) is 5.75 Å². The summed E-state index contributed by atoms with van der Waals surface area (Å²) in [5, 5.41) is 14.0. The highest BCUT2D eigenvalue weighted by Crippen LogP contribution is 2.35. The molecule has 0 fully saturated rings. The zero-order valence-electron chi connectivity index (χ0n) is 12.1. The van der Waals surface area contributed by atoms with Crippen molar-refractivity contribution in [3.05, 3.63) is 33.3 Å². The fourth-order valence-electron chi connectivity index (χ4n) is 1.90. The molecule has 2 unspecified atom stereocenters. The Hall–Kier alpha value is -1.86. The molecule has 2 atom stereocenters. The number of nitrogens with one attached hydrogen (secondary N) is 1. The van der Waals surface area contributed by atoms with Crippen LogP contribution in [0.1, 0.15) is 20.3 Å². The van der Waals surface area contributed by atoms with Gasteiger partial charge in [0.1, 0.15) is 0 Å². The number of halogens is 1. The summed E-state index contributed by atoms with van der Waals surface area (Å²) in [5.74, 6) is -0.548. The quantitative estimate of drug-likeness (QED) is 0.590. The van der Waals surface area contributed by atoms with Gasteiger partial charge in [-0.3, -0.25) is 14.9 Å². The minimum atomic E-state index is -0.977. The number of nitro benzene ring substituents is 1. The van der Waals surface area contributed by atoms with Crippen LogP contribution in [-0.4, -0.2) is 29.5 Å². The van der Waals surface area contributed by atoms with Crippen molar-refractivity contribution in [3.63, 3.8) is 0 Å². The predicted molar refractivity (Wildman–Crippen MR) is 79.5 cm³/mol. The van der Waals surface area contributed by atoms with Gasteiger partial charge in [-0.1, -0.05) is 17.7 Å². The molecular formula is C13H18ClN3O4. The Morgan fingerprint density at radius 3 is 2.71 bits per heavy atom. The summed E-state index contributed by atoms with van der Waals surface area (Å²) >= 11 is 5.95. The molecule has 0 aliphatic heterocycles. The molecule has 0 saturated carbocycles. The third-order valence-corrected chi connectivity index (χ3v) is 3.55. The van der Waals surface area contributed by atoms with E-state index in [1.54, 1.807) is 20.9 Å². The van der Waals surface area contributed by atoms with E-state index in [1.807, 2.05) is 0 Å². The Morgan fingerprint density at radius 2 is 2.24 bits per heavy atom. The molecule has 0 heterocycles. The second kappa shape index (κ2) is 6.73. The monoisotopic (exact) mass is 315 g/mol. The number of nitrogens with zero attached hydrogens (tertiary/aromatic N) is 1. The van der Waals surface area contributed by atoms with E-state index in [2.05, 4.69) is 5.32 Å². The molecule has 0 aromatic heterocycles. The maximum Gasteiger partial charge on any atom is 0.312 e. The molecule has 0 saturated heterocycles. The Bertz CT molecular complexity index is 552. The van der Waals surface area contributed by atoms with Gasteiger partial charge in [-0.15, -0.1) is 0 Å². The number of rotatable bonds is 7. The average molecular weight is 316 g/mol. The highest BCUT2D eigenvalue weighted by Gasteiger charge is 2.32. The van der Waals surface area contributed by atoms with Gasteiger partial charge in [0.05, 0.1) is 21.6 Å². The van der Waals surface area contributed by atoms with Crippen molar-refractivity contribution >= 4 is 23.2 Å². The van der Waals surface area contributed by atoms with E-state index in [4.69, 9.17) is 22.1 Å². The highest BCUT2D eigenvalue weighted by molar-refractivity contribution is 6.32. The first kappa shape index (κ1) is 17.2. The van der Waals surface area contributed by atoms with Crippen LogP contribution >= 0.6 is 11.6 Å². The number of ether oxygens (including phenoxy) is 1. The topological polar surface area (TPSA) is 107 Å². The second-order valence-corrected chi connectivity index (χ2v) is 5.33. The fraction of sp³-hybridized carbons (Fsp3) is 0.462. The van der Waals surface area contributed by atoms with Crippen molar-refractivity contribution in [1.82, 2.24) is 5.32 Å². The van der Waals surface area contributed by atoms with Crippen molar-refractivity contribution in [1.29, 1.82) is 0 Å². The maximum atomic E-state index is 11.5. The fourth-order valence-corrected chi connectivity index (χ4v) is 2.12. The van der Waals surface area contributed by atoms with Gasteiger partial charge in [0.25, 0.3) is 0 Å². The summed E-state index contributed by atoms with van der Waals surface area (Å²) in [4.78, 5) is 21.9. The van der Waals surface area contributed by atoms with Gasteiger partial charge in [-0.2, -0.15) is 0 Å². The van der Waals surface area contributed by atoms with E-state index in [9.17, 15) is 14.9 Å². The van der Waals surface area contributed by atoms with E-state index >= 15 is 0 Å². The number of para-hydroxylation sites is 1. The first-order valence-corrected chi connectivity index (χ1v) is 6.67. The second-order valence-electron chi connectivity index (χ2n) is 4.92. The molecule has 1 rings (SSSR count). The van der Waals surface area contributed by atoms with Gasteiger partial charge < -0.3 is 15.8 Å². The molecule has 1 amide bonds. The van der Waals surface area contributed by atoms with Crippen LogP contribution in [0.25, 0.3) is 0 Å². The van der Waals surface area contributed by atoms with E-state index in [1.165, 1.54) is 18.2 Å². The molecule has 116 valence electrons. The SMILES string of the molecule is CNC(C)(CC(C)Oc1c(Cl)cccc1[N+](=O)[O-])C(N)=O. The summed E-state index contributed by atoms with van der Waals surface area (Å²) < 4.78 is 5.56. The average Bonchev–Trinajstić information content (AvgIpc) is 2.40. The Morgan fingerprint density at radius 1 is 1.62 bits per heavy atom. The number of hydrogen-bond acceptors (Lipinski definition) is 5. The maximum absolute atomic E-state index is 11.5. The summed E-state index contributed by atoms with van der Waals surface area (Å²) in [7, 11) is 1.61. The van der Waals surface area contributed by atoms with Crippen molar-refractivity contribution in [2.24, 2.45) is 5.73 Å². The molecule has 0 radical (unpaired) electrons. The van der Waals surface area contributed by atoms with Gasteiger partial charge in [0.2, 0.25) is 11.7 Å². The largest absolute Gasteiger partial charge is 0.483 e. The number of likely N-dealkylation sites (N-methyl/N-ethyl adjacent to an activating group) is 1. The summed E-state index contributed by atoms with van der Waals surface area (Å²) in [6.07, 6.45) is -0.269. The zero-order valence-corrected chi connectivity index (χ0v) is 12.8.